The van der Waals surface area contributed by atoms with E-state index in [4.69, 9.17) is 5.73 Å². The molecule has 1 fully saturated rings. The highest BCUT2D eigenvalue weighted by atomic mass is 32.2. The lowest BCUT2D eigenvalue weighted by atomic mass is 10.1. The first kappa shape index (κ1) is 12.9. The second kappa shape index (κ2) is 4.39. The van der Waals surface area contributed by atoms with Crippen LogP contribution >= 0.6 is 0 Å². The molecule has 1 atom stereocenters. The molecule has 90 valence electrons. The van der Waals surface area contributed by atoms with Crippen molar-refractivity contribution in [1.82, 2.24) is 4.31 Å². The molecule has 0 radical (unpaired) electrons. The minimum atomic E-state index is -3.13. The Morgan fingerprint density at radius 2 is 2.00 bits per heavy atom. The molecule has 0 aromatic carbocycles. The van der Waals surface area contributed by atoms with Gasteiger partial charge in [0.2, 0.25) is 10.0 Å². The Hall–Kier alpha value is -0.130. The second-order valence-electron chi connectivity index (χ2n) is 5.21. The predicted octanol–water partition coefficient (Wildman–Crippen LogP) is 0.785. The van der Waals surface area contributed by atoms with Crippen molar-refractivity contribution < 1.29 is 8.42 Å². The van der Waals surface area contributed by atoms with Crippen molar-refractivity contribution in [2.24, 2.45) is 11.7 Å². The van der Waals surface area contributed by atoms with Crippen LogP contribution in [-0.2, 0) is 10.0 Å². The molecule has 0 saturated carbocycles. The third kappa shape index (κ3) is 2.71. The number of nitrogens with zero attached hydrogens (tertiary/aromatic N) is 1. The van der Waals surface area contributed by atoms with E-state index in [1.807, 2.05) is 0 Å². The van der Waals surface area contributed by atoms with Gasteiger partial charge in [-0.25, -0.2) is 12.7 Å². The van der Waals surface area contributed by atoms with E-state index in [-0.39, 0.29) is 0 Å². The van der Waals surface area contributed by atoms with Crippen LogP contribution in [0.5, 0.6) is 0 Å². The molecule has 1 rings (SSSR count). The quantitative estimate of drug-likeness (QED) is 0.785. The molecule has 1 unspecified atom stereocenters. The van der Waals surface area contributed by atoms with E-state index < -0.39 is 14.8 Å². The molecular weight excluding hydrogens is 212 g/mol. The summed E-state index contributed by atoms with van der Waals surface area (Å²) in [5.74, 6) is 0.451. The summed E-state index contributed by atoms with van der Waals surface area (Å²) in [6.45, 7) is 7.20. The van der Waals surface area contributed by atoms with Gasteiger partial charge in [0.05, 0.1) is 4.75 Å². The first-order chi connectivity index (χ1) is 6.79. The van der Waals surface area contributed by atoms with Crippen molar-refractivity contribution in [2.45, 2.75) is 38.4 Å². The lowest BCUT2D eigenvalue weighted by molar-refractivity contribution is 0.429. The fourth-order valence-corrected chi connectivity index (χ4v) is 3.40. The van der Waals surface area contributed by atoms with Crippen LogP contribution in [0.1, 0.15) is 33.6 Å². The van der Waals surface area contributed by atoms with E-state index in [0.717, 1.165) is 12.8 Å². The first-order valence-corrected chi connectivity index (χ1v) is 6.93. The molecule has 15 heavy (non-hydrogen) atoms. The van der Waals surface area contributed by atoms with E-state index in [1.54, 1.807) is 25.1 Å². The topological polar surface area (TPSA) is 63.4 Å². The molecule has 1 saturated heterocycles. The van der Waals surface area contributed by atoms with Crippen molar-refractivity contribution in [3.63, 3.8) is 0 Å². The maximum absolute atomic E-state index is 12.1. The van der Waals surface area contributed by atoms with Crippen LogP contribution in [0.15, 0.2) is 0 Å². The van der Waals surface area contributed by atoms with Gasteiger partial charge < -0.3 is 5.73 Å². The van der Waals surface area contributed by atoms with E-state index in [2.05, 4.69) is 0 Å². The van der Waals surface area contributed by atoms with Crippen molar-refractivity contribution in [3.05, 3.63) is 0 Å². The Labute approximate surface area is 92.9 Å². The van der Waals surface area contributed by atoms with Crippen molar-refractivity contribution in [2.75, 3.05) is 19.6 Å². The lowest BCUT2D eigenvalue weighted by Gasteiger charge is -2.26. The van der Waals surface area contributed by atoms with Crippen molar-refractivity contribution >= 4 is 10.0 Å². The monoisotopic (exact) mass is 234 g/mol. The van der Waals surface area contributed by atoms with Gasteiger partial charge in [0, 0.05) is 13.1 Å². The van der Waals surface area contributed by atoms with Crippen molar-refractivity contribution in [3.8, 4) is 0 Å². The Balaban J connectivity index is 2.69. The molecule has 2 N–H and O–H groups in total. The summed E-state index contributed by atoms with van der Waals surface area (Å²) in [5, 5.41) is 0. The van der Waals surface area contributed by atoms with Gasteiger partial charge in [-0.3, -0.25) is 0 Å². The number of hydrogen-bond donors (Lipinski definition) is 1. The van der Waals surface area contributed by atoms with Crippen LogP contribution in [0.2, 0.25) is 0 Å². The summed E-state index contributed by atoms with van der Waals surface area (Å²) < 4.78 is 25.1. The zero-order chi connectivity index (χ0) is 11.7. The van der Waals surface area contributed by atoms with Crippen LogP contribution in [0, 0.1) is 5.92 Å². The summed E-state index contributed by atoms with van der Waals surface area (Å²) >= 11 is 0. The molecule has 5 heteroatoms. The van der Waals surface area contributed by atoms with E-state index in [9.17, 15) is 8.42 Å². The van der Waals surface area contributed by atoms with Crippen molar-refractivity contribution in [1.29, 1.82) is 0 Å². The van der Waals surface area contributed by atoms with E-state index in [1.165, 1.54) is 0 Å². The highest BCUT2D eigenvalue weighted by molar-refractivity contribution is 7.90. The Morgan fingerprint density at radius 3 is 2.47 bits per heavy atom. The van der Waals surface area contributed by atoms with Gasteiger partial charge in [-0.1, -0.05) is 0 Å². The minimum absolute atomic E-state index is 0.451. The second-order valence-corrected chi connectivity index (χ2v) is 7.90. The molecule has 0 bridgehead atoms. The standard InChI is InChI=1S/C10H22N2O2S/c1-10(2,3)15(13,14)12-7-5-9(8-12)4-6-11/h9H,4-8,11H2,1-3H3. The van der Waals surface area contributed by atoms with Crippen LogP contribution in [-0.4, -0.2) is 37.1 Å². The van der Waals surface area contributed by atoms with Crippen LogP contribution < -0.4 is 5.73 Å². The Bertz CT molecular complexity index is 306. The molecule has 0 amide bonds. The minimum Gasteiger partial charge on any atom is -0.330 e. The van der Waals surface area contributed by atoms with Gasteiger partial charge in [0.1, 0.15) is 0 Å². The summed E-state index contributed by atoms with van der Waals surface area (Å²) in [7, 11) is -3.13. The molecule has 1 aliphatic rings. The Morgan fingerprint density at radius 1 is 1.40 bits per heavy atom. The number of sulfonamides is 1. The van der Waals surface area contributed by atoms with Crippen LogP contribution in [0.3, 0.4) is 0 Å². The average molecular weight is 234 g/mol. The van der Waals surface area contributed by atoms with E-state index in [0.29, 0.717) is 25.6 Å². The highest BCUT2D eigenvalue weighted by Crippen LogP contribution is 2.27. The third-order valence-electron chi connectivity index (χ3n) is 2.94. The zero-order valence-electron chi connectivity index (χ0n) is 9.86. The molecule has 0 aromatic rings. The number of rotatable bonds is 3. The van der Waals surface area contributed by atoms with Gasteiger partial charge in [-0.05, 0) is 46.1 Å². The smallest absolute Gasteiger partial charge is 0.219 e. The third-order valence-corrected chi connectivity index (χ3v) is 5.50. The summed E-state index contributed by atoms with van der Waals surface area (Å²) in [6, 6.07) is 0. The Kier molecular flexibility index (Phi) is 3.79. The summed E-state index contributed by atoms with van der Waals surface area (Å²) in [5.41, 5.74) is 5.48. The number of hydrogen-bond acceptors (Lipinski definition) is 3. The normalized spacial score (nSPS) is 24.7. The van der Waals surface area contributed by atoms with Gasteiger partial charge in [0.25, 0.3) is 0 Å². The van der Waals surface area contributed by atoms with E-state index >= 15 is 0 Å². The fraction of sp³-hybridized carbons (Fsp3) is 1.00. The molecule has 0 spiro atoms. The van der Waals surface area contributed by atoms with Gasteiger partial charge >= 0.3 is 0 Å². The summed E-state index contributed by atoms with van der Waals surface area (Å²) in [4.78, 5) is 0. The largest absolute Gasteiger partial charge is 0.330 e. The molecular formula is C10H22N2O2S. The van der Waals surface area contributed by atoms with Gasteiger partial charge in [-0.15, -0.1) is 0 Å². The number of nitrogens with two attached hydrogens (primary N) is 1. The molecule has 4 nitrogen and oxygen atoms in total. The fourth-order valence-electron chi connectivity index (χ4n) is 1.87. The predicted molar refractivity (Wildman–Crippen MR) is 62.0 cm³/mol. The maximum Gasteiger partial charge on any atom is 0.219 e. The average Bonchev–Trinajstić information content (AvgIpc) is 2.51. The van der Waals surface area contributed by atoms with Gasteiger partial charge in [-0.2, -0.15) is 0 Å². The summed E-state index contributed by atoms with van der Waals surface area (Å²) in [6.07, 6.45) is 1.88. The van der Waals surface area contributed by atoms with Gasteiger partial charge in [0.15, 0.2) is 0 Å². The molecule has 0 aromatic heterocycles. The highest BCUT2D eigenvalue weighted by Gasteiger charge is 2.38. The molecule has 1 aliphatic heterocycles. The molecule has 1 heterocycles. The SMILES string of the molecule is CC(C)(C)S(=O)(=O)N1CCC(CCN)C1. The zero-order valence-corrected chi connectivity index (χ0v) is 10.7. The molecule has 0 aliphatic carbocycles. The first-order valence-electron chi connectivity index (χ1n) is 5.49. The van der Waals surface area contributed by atoms with Crippen LogP contribution in [0.25, 0.3) is 0 Å². The maximum atomic E-state index is 12.1. The van der Waals surface area contributed by atoms with Crippen LogP contribution in [0.4, 0.5) is 0 Å². The lowest BCUT2D eigenvalue weighted by Crippen LogP contribution is -2.41.